The zero-order valence-electron chi connectivity index (χ0n) is 26.2. The maximum absolute atomic E-state index is 6.97. The van der Waals surface area contributed by atoms with Crippen molar-refractivity contribution in [1.29, 1.82) is 0 Å². The Morgan fingerprint density at radius 3 is 1.85 bits per heavy atom. The molecule has 0 fully saturated rings. The third-order valence-electron chi connectivity index (χ3n) is 10.3. The van der Waals surface area contributed by atoms with E-state index in [2.05, 4.69) is 164 Å². The van der Waals surface area contributed by atoms with Crippen molar-refractivity contribution in [3.8, 4) is 34.1 Å². The average Bonchev–Trinajstić information content (AvgIpc) is 3.11. The minimum absolute atomic E-state index is 0.0425. The minimum Gasteiger partial charge on any atom is -0.458 e. The van der Waals surface area contributed by atoms with Crippen LogP contribution >= 0.6 is 0 Å². The number of benzene rings is 7. The summed E-state index contributed by atoms with van der Waals surface area (Å²) in [5.74, 6) is 3.63. The average molecular weight is 604 g/mol. The quantitative estimate of drug-likeness (QED) is 0.188. The van der Waals surface area contributed by atoms with Crippen LogP contribution in [0, 0.1) is 0 Å². The predicted molar refractivity (Wildman–Crippen MR) is 194 cm³/mol. The molecule has 3 nitrogen and oxygen atoms in total. The number of nitrogens with zero attached hydrogens (tertiary/aromatic N) is 1. The molecule has 0 saturated carbocycles. The molecular weight excluding hydrogens is 573 g/mol. The highest BCUT2D eigenvalue weighted by atomic mass is 16.5. The molecule has 1 aliphatic carbocycles. The van der Waals surface area contributed by atoms with Gasteiger partial charge in [-0.25, -0.2) is 0 Å². The first-order valence-corrected chi connectivity index (χ1v) is 16.3. The summed E-state index contributed by atoms with van der Waals surface area (Å²) >= 11 is 0. The summed E-state index contributed by atoms with van der Waals surface area (Å²) in [5, 5.41) is 2.49. The molecule has 0 atom stereocenters. The molecule has 7 aromatic carbocycles. The van der Waals surface area contributed by atoms with Gasteiger partial charge in [-0.05, 0) is 81.5 Å². The molecule has 10 rings (SSSR count). The van der Waals surface area contributed by atoms with Gasteiger partial charge in [-0.2, -0.15) is 0 Å². The fourth-order valence-electron chi connectivity index (χ4n) is 8.33. The van der Waals surface area contributed by atoms with Crippen LogP contribution in [0.3, 0.4) is 0 Å². The number of ether oxygens (including phenoxy) is 2. The molecular formula is C43H30BNO2. The summed E-state index contributed by atoms with van der Waals surface area (Å²) in [5.41, 5.74) is 11.4. The van der Waals surface area contributed by atoms with Gasteiger partial charge in [0, 0.05) is 33.2 Å². The number of hydrogen-bond acceptors (Lipinski definition) is 3. The Bertz CT molecular complexity index is 2350. The number of anilines is 3. The van der Waals surface area contributed by atoms with Crippen LogP contribution in [0.15, 0.2) is 146 Å². The lowest BCUT2D eigenvalue weighted by Crippen LogP contribution is -2.58. The SMILES string of the molecule is CC1(C)c2c(cc3c4c2Oc2ccccc2B4c2ccccc2O3)-c2ccc(N(c3ccccc3)c3ccccc3)c3cccc1c23. The van der Waals surface area contributed by atoms with Crippen molar-refractivity contribution in [2.45, 2.75) is 19.3 Å². The summed E-state index contributed by atoms with van der Waals surface area (Å²) in [6, 6.07) is 51.9. The molecule has 47 heavy (non-hydrogen) atoms. The van der Waals surface area contributed by atoms with Gasteiger partial charge in [-0.3, -0.25) is 0 Å². The lowest BCUT2D eigenvalue weighted by Gasteiger charge is -2.41. The molecule has 2 heterocycles. The molecule has 0 unspecified atom stereocenters. The molecule has 222 valence electrons. The Labute approximate surface area is 274 Å². The fraction of sp³-hybridized carbons (Fsp3) is 0.0698. The normalized spacial score (nSPS) is 14.2. The molecule has 0 amide bonds. The lowest BCUT2D eigenvalue weighted by molar-refractivity contribution is 0.451. The topological polar surface area (TPSA) is 21.7 Å². The first-order valence-electron chi connectivity index (χ1n) is 16.3. The lowest BCUT2D eigenvalue weighted by atomic mass is 9.34. The first kappa shape index (κ1) is 26.5. The second-order valence-corrected chi connectivity index (χ2v) is 13.2. The van der Waals surface area contributed by atoms with Crippen molar-refractivity contribution in [3.63, 3.8) is 0 Å². The maximum Gasteiger partial charge on any atom is 0.260 e. The van der Waals surface area contributed by atoms with Crippen LogP contribution in [-0.4, -0.2) is 6.71 Å². The highest BCUT2D eigenvalue weighted by Gasteiger charge is 2.46. The van der Waals surface area contributed by atoms with Crippen LogP contribution in [0.25, 0.3) is 21.9 Å². The molecule has 0 saturated heterocycles. The Balaban J connectivity index is 1.27. The van der Waals surface area contributed by atoms with E-state index in [-0.39, 0.29) is 12.1 Å². The number of para-hydroxylation sites is 4. The summed E-state index contributed by atoms with van der Waals surface area (Å²) < 4.78 is 13.7. The van der Waals surface area contributed by atoms with Gasteiger partial charge in [0.2, 0.25) is 0 Å². The molecule has 4 heteroatoms. The van der Waals surface area contributed by atoms with E-state index in [0.717, 1.165) is 45.5 Å². The molecule has 0 spiro atoms. The van der Waals surface area contributed by atoms with Crippen LogP contribution in [0.5, 0.6) is 23.0 Å². The zero-order valence-corrected chi connectivity index (χ0v) is 26.2. The summed E-state index contributed by atoms with van der Waals surface area (Å²) in [6.07, 6.45) is 0. The van der Waals surface area contributed by atoms with Crippen LogP contribution in [0.4, 0.5) is 17.1 Å². The maximum atomic E-state index is 6.97. The van der Waals surface area contributed by atoms with Crippen LogP contribution in [-0.2, 0) is 5.41 Å². The number of fused-ring (bicyclic) bond motifs is 7. The second kappa shape index (κ2) is 9.64. The summed E-state index contributed by atoms with van der Waals surface area (Å²) in [6.45, 7) is 4.74. The van der Waals surface area contributed by atoms with Gasteiger partial charge in [-0.1, -0.05) is 111 Å². The largest absolute Gasteiger partial charge is 0.458 e. The summed E-state index contributed by atoms with van der Waals surface area (Å²) in [4.78, 5) is 2.37. The summed E-state index contributed by atoms with van der Waals surface area (Å²) in [7, 11) is 0. The van der Waals surface area contributed by atoms with E-state index in [4.69, 9.17) is 9.47 Å². The van der Waals surface area contributed by atoms with E-state index in [1.807, 2.05) is 0 Å². The van der Waals surface area contributed by atoms with E-state index in [1.54, 1.807) is 0 Å². The van der Waals surface area contributed by atoms with Crippen molar-refractivity contribution in [2.24, 2.45) is 0 Å². The van der Waals surface area contributed by atoms with Gasteiger partial charge < -0.3 is 14.4 Å². The molecule has 0 N–H and O–H groups in total. The van der Waals surface area contributed by atoms with Crippen LogP contribution in [0.1, 0.15) is 25.0 Å². The van der Waals surface area contributed by atoms with Crippen LogP contribution in [0.2, 0.25) is 0 Å². The van der Waals surface area contributed by atoms with Gasteiger partial charge in [0.05, 0.1) is 5.69 Å². The van der Waals surface area contributed by atoms with Gasteiger partial charge >= 0.3 is 0 Å². The van der Waals surface area contributed by atoms with E-state index in [0.29, 0.717) is 0 Å². The van der Waals surface area contributed by atoms with Crippen molar-refractivity contribution >= 4 is 50.9 Å². The molecule has 0 radical (unpaired) electrons. The molecule has 7 aromatic rings. The monoisotopic (exact) mass is 603 g/mol. The second-order valence-electron chi connectivity index (χ2n) is 13.2. The van der Waals surface area contributed by atoms with Gasteiger partial charge in [0.25, 0.3) is 6.71 Å². The third kappa shape index (κ3) is 3.64. The fourth-order valence-corrected chi connectivity index (χ4v) is 8.33. The highest BCUT2D eigenvalue weighted by molar-refractivity contribution is 6.98. The van der Waals surface area contributed by atoms with Gasteiger partial charge in [-0.15, -0.1) is 0 Å². The zero-order chi connectivity index (χ0) is 31.3. The van der Waals surface area contributed by atoms with Crippen molar-refractivity contribution in [3.05, 3.63) is 157 Å². The van der Waals surface area contributed by atoms with E-state index in [9.17, 15) is 0 Å². The third-order valence-corrected chi connectivity index (χ3v) is 10.3. The van der Waals surface area contributed by atoms with Gasteiger partial charge in [0.1, 0.15) is 23.0 Å². The molecule has 0 aromatic heterocycles. The van der Waals surface area contributed by atoms with Crippen molar-refractivity contribution in [1.82, 2.24) is 0 Å². The number of rotatable bonds is 3. The van der Waals surface area contributed by atoms with Crippen molar-refractivity contribution in [2.75, 3.05) is 4.90 Å². The van der Waals surface area contributed by atoms with E-state index < -0.39 is 0 Å². The highest BCUT2D eigenvalue weighted by Crippen LogP contribution is 2.56. The molecule has 2 aliphatic heterocycles. The Hall–Kier alpha value is -5.74. The van der Waals surface area contributed by atoms with Gasteiger partial charge in [0.15, 0.2) is 0 Å². The van der Waals surface area contributed by atoms with Crippen molar-refractivity contribution < 1.29 is 9.47 Å². The predicted octanol–water partition coefficient (Wildman–Crippen LogP) is 9.34. The Kier molecular flexibility index (Phi) is 5.43. The Morgan fingerprint density at radius 1 is 0.553 bits per heavy atom. The standard InChI is InChI=1S/C43H30BNO2/c1-43(2)32-19-13-18-30-35(45(27-14-5-3-6-15-27)28-16-7-4-8-17-28)25-24-29(39(30)32)31-26-38-41-42(40(31)43)47-37-23-12-10-21-34(37)44(41)33-20-9-11-22-36(33)46-38/h3-26H,1-2H3. The first-order chi connectivity index (χ1) is 23.1. The smallest absolute Gasteiger partial charge is 0.260 e. The number of hydrogen-bond donors (Lipinski definition) is 0. The molecule has 0 bridgehead atoms. The van der Waals surface area contributed by atoms with E-state index in [1.165, 1.54) is 44.0 Å². The van der Waals surface area contributed by atoms with E-state index >= 15 is 0 Å². The minimum atomic E-state index is -0.344. The molecule has 3 aliphatic rings. The van der Waals surface area contributed by atoms with Crippen LogP contribution < -0.4 is 30.8 Å². The Morgan fingerprint density at radius 2 is 1.17 bits per heavy atom.